The highest BCUT2D eigenvalue weighted by molar-refractivity contribution is 5.01. The Morgan fingerprint density at radius 2 is 2.18 bits per heavy atom. The van der Waals surface area contributed by atoms with Crippen molar-refractivity contribution in [2.75, 3.05) is 26.2 Å². The number of likely N-dealkylation sites (tertiary alicyclic amines) is 1. The second-order valence-electron chi connectivity index (χ2n) is 6.45. The molecule has 4 rings (SSSR count). The van der Waals surface area contributed by atoms with Crippen molar-refractivity contribution in [3.8, 4) is 0 Å². The van der Waals surface area contributed by atoms with Crippen LogP contribution in [0.3, 0.4) is 0 Å². The molecule has 0 bridgehead atoms. The molecule has 2 aliphatic heterocycles. The predicted octanol–water partition coefficient (Wildman–Crippen LogP) is 1.64. The summed E-state index contributed by atoms with van der Waals surface area (Å²) in [5, 5.41) is 4.34. The lowest BCUT2D eigenvalue weighted by Crippen LogP contribution is -2.50. The standard InChI is InChI=1S/C16H23N5O/c1-19-8-6-17-16(19)15-13(4-2-9-22-15)10-20-11-14(12-20)21-7-3-5-18-21/h3,5-8,13-15H,2,4,9-12H2,1H3/t13-,15+/m0/s1. The summed E-state index contributed by atoms with van der Waals surface area (Å²) in [6.07, 6.45) is 10.3. The van der Waals surface area contributed by atoms with E-state index in [0.717, 1.165) is 38.5 Å². The van der Waals surface area contributed by atoms with Crippen LogP contribution in [-0.4, -0.2) is 50.5 Å². The summed E-state index contributed by atoms with van der Waals surface area (Å²) in [6, 6.07) is 2.53. The molecule has 6 heteroatoms. The maximum absolute atomic E-state index is 6.06. The van der Waals surface area contributed by atoms with Crippen LogP contribution in [0.15, 0.2) is 30.9 Å². The lowest BCUT2D eigenvalue weighted by Gasteiger charge is -2.43. The van der Waals surface area contributed by atoms with Crippen LogP contribution < -0.4 is 0 Å². The lowest BCUT2D eigenvalue weighted by atomic mass is 9.91. The molecular weight excluding hydrogens is 278 g/mol. The van der Waals surface area contributed by atoms with Gasteiger partial charge in [-0.15, -0.1) is 0 Å². The Bertz CT molecular complexity index is 602. The Labute approximate surface area is 130 Å². The van der Waals surface area contributed by atoms with E-state index in [-0.39, 0.29) is 6.10 Å². The first-order valence-electron chi connectivity index (χ1n) is 8.11. The number of hydrogen-bond donors (Lipinski definition) is 0. The van der Waals surface area contributed by atoms with Gasteiger partial charge in [0.1, 0.15) is 11.9 Å². The highest BCUT2D eigenvalue weighted by Crippen LogP contribution is 2.35. The zero-order chi connectivity index (χ0) is 14.9. The molecule has 0 aromatic carbocycles. The van der Waals surface area contributed by atoms with Crippen molar-refractivity contribution in [2.45, 2.75) is 25.0 Å². The summed E-state index contributed by atoms with van der Waals surface area (Å²) in [7, 11) is 2.05. The van der Waals surface area contributed by atoms with Gasteiger partial charge in [-0.2, -0.15) is 5.10 Å². The number of nitrogens with zero attached hydrogens (tertiary/aromatic N) is 5. The van der Waals surface area contributed by atoms with Crippen LogP contribution in [0.2, 0.25) is 0 Å². The number of imidazole rings is 1. The molecule has 0 spiro atoms. The Balaban J connectivity index is 1.38. The minimum atomic E-state index is 0.137. The van der Waals surface area contributed by atoms with E-state index in [1.807, 2.05) is 24.7 Å². The van der Waals surface area contributed by atoms with Crippen molar-refractivity contribution in [3.05, 3.63) is 36.7 Å². The van der Waals surface area contributed by atoms with Gasteiger partial charge in [0.15, 0.2) is 0 Å². The third kappa shape index (κ3) is 2.57. The summed E-state index contributed by atoms with van der Waals surface area (Å²) in [4.78, 5) is 7.02. The normalized spacial score (nSPS) is 27.0. The van der Waals surface area contributed by atoms with Crippen LogP contribution in [0.4, 0.5) is 0 Å². The van der Waals surface area contributed by atoms with Gasteiger partial charge in [0.2, 0.25) is 0 Å². The first kappa shape index (κ1) is 14.0. The van der Waals surface area contributed by atoms with Gasteiger partial charge in [-0.1, -0.05) is 0 Å². The van der Waals surface area contributed by atoms with Crippen LogP contribution in [0, 0.1) is 5.92 Å². The average molecular weight is 301 g/mol. The number of ether oxygens (including phenoxy) is 1. The quantitative estimate of drug-likeness (QED) is 0.861. The summed E-state index contributed by atoms with van der Waals surface area (Å²) in [5.74, 6) is 1.60. The second kappa shape index (κ2) is 5.85. The summed E-state index contributed by atoms with van der Waals surface area (Å²) < 4.78 is 10.2. The van der Waals surface area contributed by atoms with E-state index in [1.165, 1.54) is 6.42 Å². The van der Waals surface area contributed by atoms with E-state index in [0.29, 0.717) is 12.0 Å². The minimum absolute atomic E-state index is 0.137. The zero-order valence-electron chi connectivity index (χ0n) is 13.0. The van der Waals surface area contributed by atoms with Gasteiger partial charge in [0.05, 0.1) is 6.04 Å². The van der Waals surface area contributed by atoms with Crippen LogP contribution >= 0.6 is 0 Å². The van der Waals surface area contributed by atoms with Crippen LogP contribution in [0.1, 0.15) is 30.8 Å². The van der Waals surface area contributed by atoms with Gasteiger partial charge >= 0.3 is 0 Å². The van der Waals surface area contributed by atoms with E-state index in [4.69, 9.17) is 4.74 Å². The third-order valence-electron chi connectivity index (χ3n) is 4.89. The van der Waals surface area contributed by atoms with Gasteiger partial charge in [-0.05, 0) is 18.9 Å². The number of rotatable bonds is 4. The molecule has 2 aromatic rings. The molecule has 22 heavy (non-hydrogen) atoms. The molecule has 2 aromatic heterocycles. The fraction of sp³-hybridized carbons (Fsp3) is 0.625. The monoisotopic (exact) mass is 301 g/mol. The van der Waals surface area contributed by atoms with Crippen molar-refractivity contribution < 1.29 is 4.74 Å². The molecule has 118 valence electrons. The molecule has 2 aliphatic rings. The van der Waals surface area contributed by atoms with E-state index in [9.17, 15) is 0 Å². The number of aryl methyl sites for hydroxylation is 1. The number of hydrogen-bond acceptors (Lipinski definition) is 4. The van der Waals surface area contributed by atoms with Gasteiger partial charge in [0.25, 0.3) is 0 Å². The van der Waals surface area contributed by atoms with Crippen LogP contribution in [0.5, 0.6) is 0 Å². The predicted molar refractivity (Wildman–Crippen MR) is 82.3 cm³/mol. The lowest BCUT2D eigenvalue weighted by molar-refractivity contribution is -0.0560. The first-order valence-corrected chi connectivity index (χ1v) is 8.11. The fourth-order valence-corrected chi connectivity index (χ4v) is 3.65. The second-order valence-corrected chi connectivity index (χ2v) is 6.45. The molecule has 0 saturated carbocycles. The maximum Gasteiger partial charge on any atom is 0.137 e. The molecule has 2 fully saturated rings. The summed E-state index contributed by atoms with van der Waals surface area (Å²) >= 11 is 0. The smallest absolute Gasteiger partial charge is 0.137 e. The molecule has 2 saturated heterocycles. The van der Waals surface area contributed by atoms with Gasteiger partial charge < -0.3 is 9.30 Å². The Hall–Kier alpha value is -1.66. The summed E-state index contributed by atoms with van der Waals surface area (Å²) in [5.41, 5.74) is 0. The summed E-state index contributed by atoms with van der Waals surface area (Å²) in [6.45, 7) is 4.12. The molecule has 0 radical (unpaired) electrons. The highest BCUT2D eigenvalue weighted by atomic mass is 16.5. The number of aromatic nitrogens is 4. The van der Waals surface area contributed by atoms with E-state index >= 15 is 0 Å². The largest absolute Gasteiger partial charge is 0.370 e. The Morgan fingerprint density at radius 3 is 2.91 bits per heavy atom. The van der Waals surface area contributed by atoms with Crippen molar-refractivity contribution in [1.29, 1.82) is 0 Å². The van der Waals surface area contributed by atoms with Crippen molar-refractivity contribution in [2.24, 2.45) is 13.0 Å². The maximum atomic E-state index is 6.06. The third-order valence-corrected chi connectivity index (χ3v) is 4.89. The Kier molecular flexibility index (Phi) is 3.72. The van der Waals surface area contributed by atoms with Crippen molar-refractivity contribution in [1.82, 2.24) is 24.2 Å². The van der Waals surface area contributed by atoms with Crippen molar-refractivity contribution >= 4 is 0 Å². The molecule has 0 aliphatic carbocycles. The molecule has 0 N–H and O–H groups in total. The molecular formula is C16H23N5O. The first-order chi connectivity index (χ1) is 10.8. The minimum Gasteiger partial charge on any atom is -0.370 e. The van der Waals surface area contributed by atoms with Gasteiger partial charge in [-0.3, -0.25) is 9.58 Å². The average Bonchev–Trinajstić information content (AvgIpc) is 3.14. The molecule has 2 atom stereocenters. The van der Waals surface area contributed by atoms with Crippen LogP contribution in [0.25, 0.3) is 0 Å². The molecule has 0 amide bonds. The van der Waals surface area contributed by atoms with Gasteiger partial charge in [0, 0.05) is 64.0 Å². The highest BCUT2D eigenvalue weighted by Gasteiger charge is 2.35. The Morgan fingerprint density at radius 1 is 1.27 bits per heavy atom. The van der Waals surface area contributed by atoms with E-state index in [1.54, 1.807) is 0 Å². The topological polar surface area (TPSA) is 48.1 Å². The zero-order valence-corrected chi connectivity index (χ0v) is 13.0. The van der Waals surface area contributed by atoms with Gasteiger partial charge in [-0.25, -0.2) is 4.98 Å². The van der Waals surface area contributed by atoms with Crippen LogP contribution in [-0.2, 0) is 11.8 Å². The molecule has 0 unspecified atom stereocenters. The van der Waals surface area contributed by atoms with E-state index < -0.39 is 0 Å². The van der Waals surface area contributed by atoms with Crippen molar-refractivity contribution in [3.63, 3.8) is 0 Å². The fourth-order valence-electron chi connectivity index (χ4n) is 3.65. The SMILES string of the molecule is Cn1ccnc1[C@@H]1OCCC[C@H]1CN1CC(n2cccn2)C1. The molecule has 4 heterocycles. The molecule has 6 nitrogen and oxygen atoms in total. The van der Waals surface area contributed by atoms with E-state index in [2.05, 4.69) is 37.5 Å².